The molecule has 1 amide bonds. The molecular formula is C17H23NO5. The highest BCUT2D eigenvalue weighted by atomic mass is 16.5. The van der Waals surface area contributed by atoms with Crippen LogP contribution in [0.4, 0.5) is 0 Å². The van der Waals surface area contributed by atoms with E-state index in [0.29, 0.717) is 11.3 Å². The number of benzene rings is 1. The molecule has 0 aromatic heterocycles. The van der Waals surface area contributed by atoms with Crippen LogP contribution in [0.2, 0.25) is 0 Å². The van der Waals surface area contributed by atoms with Crippen LogP contribution in [0.5, 0.6) is 5.75 Å². The lowest BCUT2D eigenvalue weighted by atomic mass is 9.99. The van der Waals surface area contributed by atoms with E-state index in [2.05, 4.69) is 5.32 Å². The van der Waals surface area contributed by atoms with Gasteiger partial charge in [0.25, 0.3) is 5.91 Å². The number of hydrogen-bond donors (Lipinski definition) is 1. The van der Waals surface area contributed by atoms with E-state index in [0.717, 1.165) is 6.42 Å². The van der Waals surface area contributed by atoms with Crippen molar-refractivity contribution in [1.29, 1.82) is 0 Å². The van der Waals surface area contributed by atoms with Crippen LogP contribution in [0, 0.1) is 5.92 Å². The summed E-state index contributed by atoms with van der Waals surface area (Å²) < 4.78 is 10.1. The number of methoxy groups -OCH3 is 1. The first-order valence-electron chi connectivity index (χ1n) is 7.50. The van der Waals surface area contributed by atoms with E-state index in [1.54, 1.807) is 24.3 Å². The van der Waals surface area contributed by atoms with Gasteiger partial charge < -0.3 is 14.8 Å². The van der Waals surface area contributed by atoms with E-state index in [-0.39, 0.29) is 18.3 Å². The minimum absolute atomic E-state index is 0.0382. The number of hydrogen-bond acceptors (Lipinski definition) is 5. The minimum atomic E-state index is -0.693. The van der Waals surface area contributed by atoms with Crippen LogP contribution in [0.3, 0.4) is 0 Å². The first-order valence-corrected chi connectivity index (χ1v) is 7.50. The Labute approximate surface area is 136 Å². The Morgan fingerprint density at radius 1 is 1.17 bits per heavy atom. The zero-order valence-corrected chi connectivity index (χ0v) is 13.9. The van der Waals surface area contributed by atoms with Crippen molar-refractivity contribution < 1.29 is 23.9 Å². The largest absolute Gasteiger partial charge is 0.484 e. The fourth-order valence-corrected chi connectivity index (χ4v) is 1.95. The Morgan fingerprint density at radius 2 is 1.78 bits per heavy atom. The van der Waals surface area contributed by atoms with Gasteiger partial charge in [0, 0.05) is 5.56 Å². The van der Waals surface area contributed by atoms with Crippen molar-refractivity contribution in [2.24, 2.45) is 5.92 Å². The molecule has 0 radical (unpaired) electrons. The molecule has 6 heteroatoms. The van der Waals surface area contributed by atoms with Gasteiger partial charge in [-0.3, -0.25) is 9.59 Å². The minimum Gasteiger partial charge on any atom is -0.484 e. The summed E-state index contributed by atoms with van der Waals surface area (Å²) in [6, 6.07) is 5.81. The summed E-state index contributed by atoms with van der Waals surface area (Å²) in [5, 5.41) is 2.63. The third kappa shape index (κ3) is 5.73. The summed E-state index contributed by atoms with van der Waals surface area (Å²) in [5.41, 5.74) is 0.573. The van der Waals surface area contributed by atoms with Crippen molar-refractivity contribution in [1.82, 2.24) is 5.32 Å². The second kappa shape index (κ2) is 8.92. The summed E-state index contributed by atoms with van der Waals surface area (Å²) in [7, 11) is 1.29. The van der Waals surface area contributed by atoms with Crippen molar-refractivity contribution in [3.63, 3.8) is 0 Å². The molecule has 0 heterocycles. The van der Waals surface area contributed by atoms with Crippen LogP contribution in [-0.2, 0) is 14.3 Å². The van der Waals surface area contributed by atoms with E-state index in [9.17, 15) is 14.4 Å². The van der Waals surface area contributed by atoms with E-state index < -0.39 is 17.9 Å². The summed E-state index contributed by atoms with van der Waals surface area (Å²) in [6.07, 6.45) is 0.730. The van der Waals surface area contributed by atoms with Crippen molar-refractivity contribution in [2.75, 3.05) is 13.7 Å². The molecule has 0 spiro atoms. The van der Waals surface area contributed by atoms with Crippen LogP contribution in [0.1, 0.15) is 37.6 Å². The van der Waals surface area contributed by atoms with E-state index >= 15 is 0 Å². The fourth-order valence-electron chi connectivity index (χ4n) is 1.95. The molecule has 2 atom stereocenters. The molecule has 0 saturated carbocycles. The van der Waals surface area contributed by atoms with Crippen LogP contribution in [0.15, 0.2) is 24.3 Å². The summed E-state index contributed by atoms with van der Waals surface area (Å²) in [4.78, 5) is 34.8. The van der Waals surface area contributed by atoms with Gasteiger partial charge in [0.1, 0.15) is 11.8 Å². The van der Waals surface area contributed by atoms with Crippen LogP contribution in [0.25, 0.3) is 0 Å². The Kier molecular flexibility index (Phi) is 7.25. The van der Waals surface area contributed by atoms with Gasteiger partial charge in [-0.25, -0.2) is 4.79 Å². The second-order valence-electron chi connectivity index (χ2n) is 5.32. The average Bonchev–Trinajstić information content (AvgIpc) is 2.56. The van der Waals surface area contributed by atoms with E-state index in [1.165, 1.54) is 14.0 Å². The van der Waals surface area contributed by atoms with Gasteiger partial charge in [-0.05, 0) is 37.1 Å². The topological polar surface area (TPSA) is 81.7 Å². The summed E-state index contributed by atoms with van der Waals surface area (Å²) in [6.45, 7) is 5.05. The number of carbonyl (C=O) groups excluding carboxylic acids is 3. The highest BCUT2D eigenvalue weighted by Gasteiger charge is 2.26. The number of ether oxygens (including phenoxy) is 2. The zero-order chi connectivity index (χ0) is 17.4. The molecular weight excluding hydrogens is 298 g/mol. The first-order chi connectivity index (χ1) is 10.9. The number of carbonyl (C=O) groups is 3. The molecule has 1 aromatic rings. The van der Waals surface area contributed by atoms with Gasteiger partial charge in [-0.1, -0.05) is 20.3 Å². The summed E-state index contributed by atoms with van der Waals surface area (Å²) in [5.74, 6) is -0.483. The molecule has 6 nitrogen and oxygen atoms in total. The van der Waals surface area contributed by atoms with Gasteiger partial charge in [-0.2, -0.15) is 0 Å². The number of esters is 1. The monoisotopic (exact) mass is 321 g/mol. The molecule has 126 valence electrons. The number of Topliss-reactive ketones (excluding diaryl/α,β-unsaturated/α-hetero) is 1. The molecule has 0 unspecified atom stereocenters. The zero-order valence-electron chi connectivity index (χ0n) is 13.9. The molecule has 23 heavy (non-hydrogen) atoms. The number of rotatable bonds is 8. The molecule has 1 aromatic carbocycles. The van der Waals surface area contributed by atoms with Crippen molar-refractivity contribution in [3.05, 3.63) is 29.8 Å². The number of ketones is 1. The first kappa shape index (κ1) is 18.7. The van der Waals surface area contributed by atoms with Crippen molar-refractivity contribution in [2.45, 2.75) is 33.2 Å². The Bertz CT molecular complexity index is 553. The van der Waals surface area contributed by atoms with Gasteiger partial charge in [0.05, 0.1) is 7.11 Å². The molecule has 0 aliphatic carbocycles. The third-order valence-corrected chi connectivity index (χ3v) is 3.62. The van der Waals surface area contributed by atoms with Crippen LogP contribution in [-0.4, -0.2) is 37.4 Å². The average molecular weight is 321 g/mol. The maximum atomic E-state index is 11.9. The molecule has 0 fully saturated rings. The molecule has 0 aliphatic heterocycles. The van der Waals surface area contributed by atoms with Gasteiger partial charge >= 0.3 is 5.97 Å². The van der Waals surface area contributed by atoms with Gasteiger partial charge in [-0.15, -0.1) is 0 Å². The number of amides is 1. The van der Waals surface area contributed by atoms with Crippen molar-refractivity contribution in [3.8, 4) is 5.75 Å². The molecule has 0 bridgehead atoms. The van der Waals surface area contributed by atoms with Gasteiger partial charge in [0.2, 0.25) is 0 Å². The predicted octanol–water partition coefficient (Wildman–Crippen LogP) is 1.97. The van der Waals surface area contributed by atoms with E-state index in [4.69, 9.17) is 9.47 Å². The molecule has 1 N–H and O–H groups in total. The Morgan fingerprint density at radius 3 is 2.26 bits per heavy atom. The highest BCUT2D eigenvalue weighted by molar-refractivity contribution is 5.94. The maximum absolute atomic E-state index is 11.9. The lowest BCUT2D eigenvalue weighted by Gasteiger charge is -2.21. The fraction of sp³-hybridized carbons (Fsp3) is 0.471. The smallest absolute Gasteiger partial charge is 0.328 e. The number of nitrogens with one attached hydrogen (secondary N) is 1. The SMILES string of the molecule is CC[C@@H](C)[C@@H](NC(=O)COc1ccc(C(C)=O)cc1)C(=O)OC. The molecule has 0 saturated heterocycles. The quantitative estimate of drug-likeness (QED) is 0.585. The van der Waals surface area contributed by atoms with Crippen LogP contribution >= 0.6 is 0 Å². The maximum Gasteiger partial charge on any atom is 0.328 e. The predicted molar refractivity (Wildman–Crippen MR) is 85.3 cm³/mol. The standard InChI is InChI=1S/C17H23NO5/c1-5-11(2)16(17(21)22-4)18-15(20)10-23-14-8-6-13(7-9-14)12(3)19/h6-9,11,16H,5,10H2,1-4H3,(H,18,20)/t11-,16-/m1/s1. The summed E-state index contributed by atoms with van der Waals surface area (Å²) >= 11 is 0. The normalized spacial score (nSPS) is 12.9. The second-order valence-corrected chi connectivity index (χ2v) is 5.32. The van der Waals surface area contributed by atoms with E-state index in [1.807, 2.05) is 13.8 Å². The molecule has 1 rings (SSSR count). The lowest BCUT2D eigenvalue weighted by molar-refractivity contribution is -0.146. The van der Waals surface area contributed by atoms with Crippen molar-refractivity contribution >= 4 is 17.7 Å². The van der Waals surface area contributed by atoms with Crippen LogP contribution < -0.4 is 10.1 Å². The Hall–Kier alpha value is -2.37. The molecule has 0 aliphatic rings. The third-order valence-electron chi connectivity index (χ3n) is 3.62. The van der Waals surface area contributed by atoms with Gasteiger partial charge in [0.15, 0.2) is 12.4 Å². The lowest BCUT2D eigenvalue weighted by Crippen LogP contribution is -2.47. The highest BCUT2D eigenvalue weighted by Crippen LogP contribution is 2.13. The Balaban J connectivity index is 2.58.